The van der Waals surface area contributed by atoms with Crippen molar-refractivity contribution in [3.63, 3.8) is 0 Å². The number of hydrogen-bond donors (Lipinski definition) is 2. The van der Waals surface area contributed by atoms with Crippen molar-refractivity contribution in [3.8, 4) is 0 Å². The second-order valence-corrected chi connectivity index (χ2v) is 5.68. The molecule has 8 heteroatoms. The third-order valence-corrected chi connectivity index (χ3v) is 3.95. The molecule has 0 aliphatic rings. The Morgan fingerprint density at radius 2 is 2.11 bits per heavy atom. The van der Waals surface area contributed by atoms with Crippen LogP contribution in [0.3, 0.4) is 0 Å². The number of nitrogen functional groups attached to an aromatic ring is 1. The Morgan fingerprint density at radius 1 is 1.39 bits per heavy atom. The van der Waals surface area contributed by atoms with Gasteiger partial charge in [-0.2, -0.15) is 0 Å². The summed E-state index contributed by atoms with van der Waals surface area (Å²) in [5.41, 5.74) is 5.84. The number of aryl methyl sites for hydroxylation is 1. The van der Waals surface area contributed by atoms with Crippen molar-refractivity contribution in [2.75, 3.05) is 10.5 Å². The van der Waals surface area contributed by atoms with Crippen LogP contribution < -0.4 is 10.5 Å². The Balaban J connectivity index is 2.39. The molecular formula is C10H10ClN3O3S. The lowest BCUT2D eigenvalue weighted by atomic mass is 10.3. The van der Waals surface area contributed by atoms with Crippen LogP contribution in [0.1, 0.15) is 5.76 Å². The quantitative estimate of drug-likeness (QED) is 0.842. The number of nitrogens with two attached hydrogens (primary N) is 1. The lowest BCUT2D eigenvalue weighted by Gasteiger charge is -2.07. The lowest BCUT2D eigenvalue weighted by molar-refractivity contribution is 0.400. The molecule has 2 aromatic rings. The average Bonchev–Trinajstić information content (AvgIpc) is 2.66. The van der Waals surface area contributed by atoms with Crippen LogP contribution in [0.2, 0.25) is 5.02 Å². The Hall–Kier alpha value is -1.73. The van der Waals surface area contributed by atoms with Gasteiger partial charge in [-0.15, -0.1) is 0 Å². The molecule has 2 rings (SSSR count). The third kappa shape index (κ3) is 2.57. The molecule has 6 nitrogen and oxygen atoms in total. The van der Waals surface area contributed by atoms with Crippen molar-refractivity contribution < 1.29 is 12.9 Å². The van der Waals surface area contributed by atoms with E-state index in [1.54, 1.807) is 6.92 Å². The maximum atomic E-state index is 12.1. The third-order valence-electron chi connectivity index (χ3n) is 2.11. The van der Waals surface area contributed by atoms with Gasteiger partial charge in [-0.3, -0.25) is 4.72 Å². The summed E-state index contributed by atoms with van der Waals surface area (Å²) in [5.74, 6) is 0.581. The number of aromatic nitrogens is 1. The van der Waals surface area contributed by atoms with Gasteiger partial charge in [-0.1, -0.05) is 16.8 Å². The number of anilines is 2. The SMILES string of the molecule is Cc1cc(NS(=O)(=O)c2cc(N)ccc2Cl)no1. The first-order valence-electron chi connectivity index (χ1n) is 4.89. The van der Waals surface area contributed by atoms with Crippen LogP contribution in [0.15, 0.2) is 33.7 Å². The van der Waals surface area contributed by atoms with Gasteiger partial charge in [-0.25, -0.2) is 8.42 Å². The summed E-state index contributed by atoms with van der Waals surface area (Å²) in [5, 5.41) is 3.62. The summed E-state index contributed by atoms with van der Waals surface area (Å²) < 4.78 is 31.1. The second-order valence-electron chi connectivity index (χ2n) is 3.62. The number of halogens is 1. The number of hydrogen-bond acceptors (Lipinski definition) is 5. The summed E-state index contributed by atoms with van der Waals surface area (Å²) in [6.45, 7) is 1.65. The Labute approximate surface area is 109 Å². The van der Waals surface area contributed by atoms with Crippen LogP contribution in [0, 0.1) is 6.92 Å². The second kappa shape index (κ2) is 4.51. The monoisotopic (exact) mass is 287 g/mol. The molecule has 0 bridgehead atoms. The van der Waals surface area contributed by atoms with Crippen LogP contribution in [0.5, 0.6) is 0 Å². The van der Waals surface area contributed by atoms with Crippen molar-refractivity contribution in [2.45, 2.75) is 11.8 Å². The van der Waals surface area contributed by atoms with E-state index < -0.39 is 10.0 Å². The van der Waals surface area contributed by atoms with Gasteiger partial charge in [-0.05, 0) is 25.1 Å². The van der Waals surface area contributed by atoms with Crippen LogP contribution >= 0.6 is 11.6 Å². The number of nitrogens with zero attached hydrogens (tertiary/aromatic N) is 1. The van der Waals surface area contributed by atoms with Crippen LogP contribution in [-0.4, -0.2) is 13.6 Å². The van der Waals surface area contributed by atoms with Gasteiger partial charge in [0.05, 0.1) is 5.02 Å². The molecule has 0 spiro atoms. The fourth-order valence-electron chi connectivity index (χ4n) is 1.33. The molecule has 0 aliphatic carbocycles. The normalized spacial score (nSPS) is 11.4. The molecule has 1 aromatic carbocycles. The molecule has 0 aliphatic heterocycles. The van der Waals surface area contributed by atoms with Crippen molar-refractivity contribution >= 4 is 33.1 Å². The van der Waals surface area contributed by atoms with Gasteiger partial charge < -0.3 is 10.3 Å². The first kappa shape index (κ1) is 12.7. The van der Waals surface area contributed by atoms with E-state index >= 15 is 0 Å². The van der Waals surface area contributed by atoms with E-state index in [2.05, 4.69) is 9.88 Å². The van der Waals surface area contributed by atoms with E-state index in [0.29, 0.717) is 11.4 Å². The zero-order valence-corrected chi connectivity index (χ0v) is 10.9. The van der Waals surface area contributed by atoms with Crippen LogP contribution in [-0.2, 0) is 10.0 Å². The van der Waals surface area contributed by atoms with Gasteiger partial charge in [0.15, 0.2) is 5.82 Å². The van der Waals surface area contributed by atoms with Crippen molar-refractivity contribution in [1.82, 2.24) is 5.16 Å². The first-order valence-corrected chi connectivity index (χ1v) is 6.76. The Morgan fingerprint density at radius 3 is 2.72 bits per heavy atom. The van der Waals surface area contributed by atoms with E-state index in [-0.39, 0.29) is 15.7 Å². The minimum atomic E-state index is -3.84. The van der Waals surface area contributed by atoms with Crippen molar-refractivity contribution in [2.24, 2.45) is 0 Å². The first-order chi connectivity index (χ1) is 8.38. The minimum Gasteiger partial charge on any atom is -0.399 e. The zero-order valence-electron chi connectivity index (χ0n) is 9.34. The molecule has 18 heavy (non-hydrogen) atoms. The molecule has 0 radical (unpaired) electrons. The molecule has 96 valence electrons. The number of nitrogens with one attached hydrogen (secondary N) is 1. The molecule has 0 atom stereocenters. The molecule has 1 heterocycles. The predicted octanol–water partition coefficient (Wildman–Crippen LogP) is 2.02. The molecule has 0 saturated carbocycles. The molecule has 0 fully saturated rings. The highest BCUT2D eigenvalue weighted by atomic mass is 35.5. The lowest BCUT2D eigenvalue weighted by Crippen LogP contribution is -2.14. The van der Waals surface area contributed by atoms with E-state index in [1.165, 1.54) is 24.3 Å². The molecule has 1 aromatic heterocycles. The van der Waals surface area contributed by atoms with E-state index in [4.69, 9.17) is 21.9 Å². The molecule has 3 N–H and O–H groups in total. The topological polar surface area (TPSA) is 98.2 Å². The standard InChI is InChI=1S/C10H10ClN3O3S/c1-6-4-10(13-17-6)14-18(15,16)9-5-7(12)2-3-8(9)11/h2-5H,12H2,1H3,(H,13,14). The summed E-state index contributed by atoms with van der Waals surface area (Å²) in [7, 11) is -3.84. The van der Waals surface area contributed by atoms with Gasteiger partial charge in [0.25, 0.3) is 10.0 Å². The largest absolute Gasteiger partial charge is 0.399 e. The van der Waals surface area contributed by atoms with Gasteiger partial charge in [0, 0.05) is 11.8 Å². The minimum absolute atomic E-state index is 0.0805. The maximum Gasteiger partial charge on any atom is 0.264 e. The Bertz CT molecular complexity index is 681. The van der Waals surface area contributed by atoms with Crippen LogP contribution in [0.4, 0.5) is 11.5 Å². The predicted molar refractivity (Wildman–Crippen MR) is 67.9 cm³/mol. The van der Waals surface area contributed by atoms with E-state index in [1.807, 2.05) is 0 Å². The summed E-state index contributed by atoms with van der Waals surface area (Å²) in [4.78, 5) is -0.107. The average molecular weight is 288 g/mol. The van der Waals surface area contributed by atoms with Gasteiger partial charge in [0.1, 0.15) is 10.7 Å². The van der Waals surface area contributed by atoms with Crippen molar-refractivity contribution in [1.29, 1.82) is 0 Å². The van der Waals surface area contributed by atoms with Crippen molar-refractivity contribution in [3.05, 3.63) is 35.0 Å². The van der Waals surface area contributed by atoms with E-state index in [9.17, 15) is 8.42 Å². The number of rotatable bonds is 3. The van der Waals surface area contributed by atoms with Gasteiger partial charge in [0.2, 0.25) is 0 Å². The highest BCUT2D eigenvalue weighted by Gasteiger charge is 2.19. The molecule has 0 amide bonds. The smallest absolute Gasteiger partial charge is 0.264 e. The summed E-state index contributed by atoms with van der Waals surface area (Å²) >= 11 is 5.83. The summed E-state index contributed by atoms with van der Waals surface area (Å²) in [6.07, 6.45) is 0. The molecule has 0 saturated heterocycles. The molecular weight excluding hydrogens is 278 g/mol. The highest BCUT2D eigenvalue weighted by Crippen LogP contribution is 2.25. The fraction of sp³-hybridized carbons (Fsp3) is 0.100. The molecule has 0 unspecified atom stereocenters. The maximum absolute atomic E-state index is 12.1. The summed E-state index contributed by atoms with van der Waals surface area (Å²) in [6, 6.07) is 5.66. The number of sulfonamides is 1. The number of benzene rings is 1. The van der Waals surface area contributed by atoms with Crippen LogP contribution in [0.25, 0.3) is 0 Å². The van der Waals surface area contributed by atoms with Gasteiger partial charge >= 0.3 is 0 Å². The van der Waals surface area contributed by atoms with E-state index in [0.717, 1.165) is 0 Å². The highest BCUT2D eigenvalue weighted by molar-refractivity contribution is 7.92. The fourth-order valence-corrected chi connectivity index (χ4v) is 2.85. The Kier molecular flexibility index (Phi) is 3.18. The zero-order chi connectivity index (χ0) is 13.3.